The van der Waals surface area contributed by atoms with Gasteiger partial charge in [0.25, 0.3) is 0 Å². The van der Waals surface area contributed by atoms with Crippen molar-refractivity contribution in [1.82, 2.24) is 5.32 Å². The van der Waals surface area contributed by atoms with Crippen LogP contribution in [0.1, 0.15) is 73.6 Å². The van der Waals surface area contributed by atoms with E-state index in [1.165, 1.54) is 0 Å². The van der Waals surface area contributed by atoms with E-state index in [0.29, 0.717) is 12.8 Å². The normalized spacial score (nSPS) is 11.1. The molecule has 200 valence electrons. The molecule has 0 aromatic rings. The van der Waals surface area contributed by atoms with Gasteiger partial charge in [0.15, 0.2) is 6.61 Å². The monoisotopic (exact) mass is 491 g/mol. The van der Waals surface area contributed by atoms with E-state index in [-0.39, 0.29) is 82.2 Å². The summed E-state index contributed by atoms with van der Waals surface area (Å²) < 4.78 is 16.9. The lowest BCUT2D eigenvalue weighted by molar-refractivity contribution is -0.239. The Morgan fingerprint density at radius 1 is 0.794 bits per heavy atom. The SMILES string of the molecule is CC.CCC(=O)CCOCC(COCCC(=O)CC)(COCCC(=O)C(C)C)NC(=O)COO. The Labute approximate surface area is 204 Å². The van der Waals surface area contributed by atoms with E-state index in [1.54, 1.807) is 27.7 Å². The van der Waals surface area contributed by atoms with Crippen molar-refractivity contribution in [3.05, 3.63) is 0 Å². The Balaban J connectivity index is 0. The molecule has 0 atom stereocenters. The quantitative estimate of drug-likeness (QED) is 0.141. The van der Waals surface area contributed by atoms with Crippen LogP contribution in [0.4, 0.5) is 0 Å². The van der Waals surface area contributed by atoms with E-state index < -0.39 is 18.1 Å². The van der Waals surface area contributed by atoms with Gasteiger partial charge in [0.2, 0.25) is 5.91 Å². The highest BCUT2D eigenvalue weighted by atomic mass is 17.1. The molecule has 0 rings (SSSR count). The number of hydrogen-bond donors (Lipinski definition) is 2. The average Bonchev–Trinajstić information content (AvgIpc) is 2.83. The predicted octanol–water partition coefficient (Wildman–Crippen LogP) is 2.76. The van der Waals surface area contributed by atoms with Gasteiger partial charge in [-0.05, 0) is 0 Å². The van der Waals surface area contributed by atoms with E-state index in [0.717, 1.165) is 0 Å². The third kappa shape index (κ3) is 17.7. The number of amides is 1. The molecule has 10 nitrogen and oxygen atoms in total. The fraction of sp³-hybridized carbons (Fsp3) is 0.833. The van der Waals surface area contributed by atoms with Crippen LogP contribution in [0.3, 0.4) is 0 Å². The number of rotatable bonds is 21. The number of ether oxygens (including phenoxy) is 3. The predicted molar refractivity (Wildman–Crippen MR) is 128 cm³/mol. The van der Waals surface area contributed by atoms with Crippen LogP contribution < -0.4 is 5.32 Å². The fourth-order valence-electron chi connectivity index (χ4n) is 2.61. The molecule has 0 saturated carbocycles. The first-order valence-corrected chi connectivity index (χ1v) is 12.1. The van der Waals surface area contributed by atoms with E-state index in [1.807, 2.05) is 13.8 Å². The van der Waals surface area contributed by atoms with Crippen LogP contribution in [0.5, 0.6) is 0 Å². The standard InChI is InChI=1S/C22H39NO9.C2H6/c1-5-18(24)7-10-29-14-22(23-21(27)13-32-28,15-30-11-8-19(25)6-2)16-31-12-9-20(26)17(3)4;1-2/h17,28H,5-16H2,1-4H3,(H,23,27);1-2H3. The largest absolute Gasteiger partial charge is 0.378 e. The second-order valence-corrected chi connectivity index (χ2v) is 7.92. The van der Waals surface area contributed by atoms with Gasteiger partial charge in [-0.25, -0.2) is 4.89 Å². The minimum absolute atomic E-state index is 0.0407. The molecule has 0 aromatic carbocycles. The van der Waals surface area contributed by atoms with Crippen LogP contribution in [0, 0.1) is 5.92 Å². The molecule has 0 radical (unpaired) electrons. The molecule has 0 unspecified atom stereocenters. The second-order valence-electron chi connectivity index (χ2n) is 7.92. The molecule has 0 aliphatic rings. The van der Waals surface area contributed by atoms with Gasteiger partial charge in [0.05, 0.1) is 39.6 Å². The van der Waals surface area contributed by atoms with E-state index >= 15 is 0 Å². The van der Waals surface area contributed by atoms with Crippen LogP contribution >= 0.6 is 0 Å². The number of Topliss-reactive ketones (excluding diaryl/α,β-unsaturated/α-hetero) is 3. The molecule has 0 spiro atoms. The maximum absolute atomic E-state index is 12.1. The molecule has 10 heteroatoms. The average molecular weight is 492 g/mol. The van der Waals surface area contributed by atoms with Crippen LogP contribution in [0.25, 0.3) is 0 Å². The first kappa shape index (κ1) is 34.4. The zero-order valence-electron chi connectivity index (χ0n) is 21.8. The van der Waals surface area contributed by atoms with Crippen LogP contribution in [0.2, 0.25) is 0 Å². The van der Waals surface area contributed by atoms with Crippen molar-refractivity contribution in [1.29, 1.82) is 0 Å². The number of nitrogens with one attached hydrogen (secondary N) is 1. The first-order chi connectivity index (χ1) is 16.2. The topological polar surface area (TPSA) is 137 Å². The van der Waals surface area contributed by atoms with Gasteiger partial charge >= 0.3 is 0 Å². The van der Waals surface area contributed by atoms with E-state index in [4.69, 9.17) is 19.5 Å². The van der Waals surface area contributed by atoms with Gasteiger partial charge < -0.3 is 19.5 Å². The number of hydrogen-bond acceptors (Lipinski definition) is 9. The third-order valence-electron chi connectivity index (χ3n) is 4.71. The van der Waals surface area contributed by atoms with Crippen molar-refractivity contribution in [2.75, 3.05) is 46.2 Å². The molecular weight excluding hydrogens is 446 g/mol. The van der Waals surface area contributed by atoms with Gasteiger partial charge in [0, 0.05) is 38.0 Å². The molecule has 34 heavy (non-hydrogen) atoms. The van der Waals surface area contributed by atoms with Crippen LogP contribution in [-0.4, -0.2) is 80.3 Å². The van der Waals surface area contributed by atoms with Crippen LogP contribution in [0.15, 0.2) is 0 Å². The van der Waals surface area contributed by atoms with Gasteiger partial charge in [0.1, 0.15) is 22.9 Å². The molecule has 0 aliphatic heterocycles. The minimum atomic E-state index is -1.17. The summed E-state index contributed by atoms with van der Waals surface area (Å²) in [5.74, 6) is -0.589. The van der Waals surface area contributed by atoms with Gasteiger partial charge in [-0.15, -0.1) is 0 Å². The van der Waals surface area contributed by atoms with Gasteiger partial charge in [-0.1, -0.05) is 41.5 Å². The molecule has 0 heterocycles. The number of carbonyl (C=O) groups is 4. The third-order valence-corrected chi connectivity index (χ3v) is 4.71. The van der Waals surface area contributed by atoms with Crippen molar-refractivity contribution < 1.29 is 43.5 Å². The molecule has 0 saturated heterocycles. The van der Waals surface area contributed by atoms with Crippen molar-refractivity contribution in [2.24, 2.45) is 5.92 Å². The summed E-state index contributed by atoms with van der Waals surface area (Å²) in [6.07, 6.45) is 1.49. The summed E-state index contributed by atoms with van der Waals surface area (Å²) >= 11 is 0. The summed E-state index contributed by atoms with van der Waals surface area (Å²) in [6, 6.07) is 0. The Kier molecular flexibility index (Phi) is 22.1. The second kappa shape index (κ2) is 21.8. The summed E-state index contributed by atoms with van der Waals surface area (Å²) in [4.78, 5) is 50.9. The van der Waals surface area contributed by atoms with E-state index in [9.17, 15) is 19.2 Å². The lowest BCUT2D eigenvalue weighted by Crippen LogP contribution is -2.59. The zero-order valence-corrected chi connectivity index (χ0v) is 21.8. The van der Waals surface area contributed by atoms with Crippen molar-refractivity contribution in [2.45, 2.75) is 79.2 Å². The Bertz CT molecular complexity index is 555. The minimum Gasteiger partial charge on any atom is -0.378 e. The molecule has 0 aliphatic carbocycles. The van der Waals surface area contributed by atoms with Crippen molar-refractivity contribution >= 4 is 23.3 Å². The highest BCUT2D eigenvalue weighted by Crippen LogP contribution is 2.11. The van der Waals surface area contributed by atoms with Crippen molar-refractivity contribution in [3.63, 3.8) is 0 Å². The van der Waals surface area contributed by atoms with Crippen LogP contribution in [-0.2, 0) is 38.3 Å². The molecular formula is C24H45NO9. The van der Waals surface area contributed by atoms with Crippen molar-refractivity contribution in [3.8, 4) is 0 Å². The molecule has 0 bridgehead atoms. The summed E-state index contributed by atoms with van der Waals surface area (Å²) in [5, 5.41) is 11.3. The summed E-state index contributed by atoms with van der Waals surface area (Å²) in [5.41, 5.74) is -1.17. The molecule has 2 N–H and O–H groups in total. The number of carbonyl (C=O) groups excluding carboxylic acids is 4. The molecule has 1 amide bonds. The first-order valence-electron chi connectivity index (χ1n) is 12.1. The number of ketones is 3. The summed E-state index contributed by atoms with van der Waals surface area (Å²) in [6.45, 7) is 10.9. The van der Waals surface area contributed by atoms with Gasteiger partial charge in [-0.3, -0.25) is 24.4 Å². The maximum Gasteiger partial charge on any atom is 0.250 e. The fourth-order valence-corrected chi connectivity index (χ4v) is 2.61. The molecule has 0 aromatic heterocycles. The Hall–Kier alpha value is -1.72. The van der Waals surface area contributed by atoms with Gasteiger partial charge in [-0.2, -0.15) is 0 Å². The smallest absolute Gasteiger partial charge is 0.250 e. The Morgan fingerprint density at radius 3 is 1.56 bits per heavy atom. The molecule has 0 fully saturated rings. The zero-order chi connectivity index (χ0) is 26.4. The highest BCUT2D eigenvalue weighted by molar-refractivity contribution is 5.80. The highest BCUT2D eigenvalue weighted by Gasteiger charge is 2.34. The Morgan fingerprint density at radius 2 is 1.21 bits per heavy atom. The maximum atomic E-state index is 12.1. The van der Waals surface area contributed by atoms with E-state index in [2.05, 4.69) is 10.2 Å². The lowest BCUT2D eigenvalue weighted by atomic mass is 10.0. The lowest BCUT2D eigenvalue weighted by Gasteiger charge is -2.34. The summed E-state index contributed by atoms with van der Waals surface area (Å²) in [7, 11) is 0.